The number of aromatic nitrogens is 1. The lowest BCUT2D eigenvalue weighted by Gasteiger charge is -2.21. The Bertz CT molecular complexity index is 1200. The zero-order valence-corrected chi connectivity index (χ0v) is 19.7. The first-order valence-corrected chi connectivity index (χ1v) is 12.0. The van der Waals surface area contributed by atoms with Crippen LogP contribution in [0.25, 0.3) is 0 Å². The van der Waals surface area contributed by atoms with E-state index in [9.17, 15) is 13.2 Å². The highest BCUT2D eigenvalue weighted by molar-refractivity contribution is 7.92. The van der Waals surface area contributed by atoms with Crippen molar-refractivity contribution in [2.45, 2.75) is 44.4 Å². The third kappa shape index (κ3) is 5.95. The standard InChI is InChI=1S/C25H29N3O3S/c1-18-11-12-20(25(2,3)4)17-23(18)32(30,31)28-22-10-7-8-19(16-22)24(29)27-15-13-21-9-5-6-14-26-21/h5-12,14,16-17,28H,13,15H2,1-4H3,(H,27,29). The summed E-state index contributed by atoms with van der Waals surface area (Å²) in [6.07, 6.45) is 2.33. The van der Waals surface area contributed by atoms with Gasteiger partial charge >= 0.3 is 0 Å². The molecule has 0 saturated carbocycles. The largest absolute Gasteiger partial charge is 0.352 e. The fourth-order valence-electron chi connectivity index (χ4n) is 3.24. The first-order valence-electron chi connectivity index (χ1n) is 10.5. The molecule has 0 aliphatic carbocycles. The minimum absolute atomic E-state index is 0.175. The first kappa shape index (κ1) is 23.5. The lowest BCUT2D eigenvalue weighted by atomic mass is 9.87. The number of nitrogens with zero attached hydrogens (tertiary/aromatic N) is 1. The van der Waals surface area contributed by atoms with Crippen LogP contribution in [0.5, 0.6) is 0 Å². The number of benzene rings is 2. The predicted octanol–water partition coefficient (Wildman–Crippen LogP) is 4.46. The molecule has 0 saturated heterocycles. The SMILES string of the molecule is Cc1ccc(C(C)(C)C)cc1S(=O)(=O)Nc1cccc(C(=O)NCCc2ccccn2)c1. The Labute approximate surface area is 190 Å². The zero-order chi connectivity index (χ0) is 23.4. The van der Waals surface area contributed by atoms with Gasteiger partial charge in [0.25, 0.3) is 15.9 Å². The molecule has 168 valence electrons. The number of nitrogens with one attached hydrogen (secondary N) is 2. The first-order chi connectivity index (χ1) is 15.1. The second-order valence-corrected chi connectivity index (χ2v) is 10.4. The maximum absolute atomic E-state index is 13.1. The van der Waals surface area contributed by atoms with E-state index in [1.807, 2.05) is 51.1 Å². The molecule has 2 N–H and O–H groups in total. The molecule has 6 nitrogen and oxygen atoms in total. The molecule has 1 aromatic heterocycles. The summed E-state index contributed by atoms with van der Waals surface area (Å²) in [5, 5.41) is 2.85. The number of sulfonamides is 1. The number of hydrogen-bond acceptors (Lipinski definition) is 4. The van der Waals surface area contributed by atoms with Gasteiger partial charge in [-0.1, -0.05) is 45.0 Å². The second-order valence-electron chi connectivity index (χ2n) is 8.74. The quantitative estimate of drug-likeness (QED) is 0.555. The smallest absolute Gasteiger partial charge is 0.262 e. The number of carbonyl (C=O) groups excluding carboxylic acids is 1. The van der Waals surface area contributed by atoms with Crippen LogP contribution in [0.1, 0.15) is 48.0 Å². The van der Waals surface area contributed by atoms with Gasteiger partial charge in [-0.05, 0) is 59.9 Å². The molecular weight excluding hydrogens is 422 g/mol. The molecule has 7 heteroatoms. The van der Waals surface area contributed by atoms with E-state index >= 15 is 0 Å². The predicted molar refractivity (Wildman–Crippen MR) is 127 cm³/mol. The van der Waals surface area contributed by atoms with Crippen molar-refractivity contribution in [1.82, 2.24) is 10.3 Å². The highest BCUT2D eigenvalue weighted by Crippen LogP contribution is 2.28. The number of rotatable bonds is 7. The number of hydrogen-bond donors (Lipinski definition) is 2. The van der Waals surface area contributed by atoms with Crippen LogP contribution in [0, 0.1) is 6.92 Å². The average Bonchev–Trinajstić information content (AvgIpc) is 2.73. The van der Waals surface area contributed by atoms with Crippen LogP contribution < -0.4 is 10.0 Å². The van der Waals surface area contributed by atoms with E-state index in [2.05, 4.69) is 15.0 Å². The molecule has 0 fully saturated rings. The van der Waals surface area contributed by atoms with Gasteiger partial charge in [-0.2, -0.15) is 0 Å². The fraction of sp³-hybridized carbons (Fsp3) is 0.280. The highest BCUT2D eigenvalue weighted by atomic mass is 32.2. The Morgan fingerprint density at radius 1 is 1.00 bits per heavy atom. The summed E-state index contributed by atoms with van der Waals surface area (Å²) in [7, 11) is -3.81. The van der Waals surface area contributed by atoms with Crippen LogP contribution in [0.4, 0.5) is 5.69 Å². The Hall–Kier alpha value is -3.19. The molecule has 0 atom stereocenters. The van der Waals surface area contributed by atoms with Crippen molar-refractivity contribution >= 4 is 21.6 Å². The molecule has 2 aromatic carbocycles. The normalized spacial score (nSPS) is 11.8. The van der Waals surface area contributed by atoms with Gasteiger partial charge < -0.3 is 5.32 Å². The zero-order valence-electron chi connectivity index (χ0n) is 18.8. The van der Waals surface area contributed by atoms with Crippen LogP contribution >= 0.6 is 0 Å². The van der Waals surface area contributed by atoms with Crippen LogP contribution in [0.2, 0.25) is 0 Å². The van der Waals surface area contributed by atoms with Crippen molar-refractivity contribution in [2.75, 3.05) is 11.3 Å². The van der Waals surface area contributed by atoms with Crippen molar-refractivity contribution in [3.8, 4) is 0 Å². The summed E-state index contributed by atoms with van der Waals surface area (Å²) in [5.74, 6) is -0.270. The molecule has 0 spiro atoms. The molecule has 3 rings (SSSR count). The third-order valence-electron chi connectivity index (χ3n) is 5.11. The lowest BCUT2D eigenvalue weighted by Crippen LogP contribution is -2.26. The number of amides is 1. The monoisotopic (exact) mass is 451 g/mol. The molecule has 3 aromatic rings. The Balaban J connectivity index is 1.73. The molecule has 0 aliphatic heterocycles. The van der Waals surface area contributed by atoms with Crippen LogP contribution in [-0.4, -0.2) is 25.9 Å². The molecular formula is C25H29N3O3S. The Morgan fingerprint density at radius 2 is 1.78 bits per heavy atom. The van der Waals surface area contributed by atoms with Gasteiger partial charge in [0.1, 0.15) is 0 Å². The summed E-state index contributed by atoms with van der Waals surface area (Å²) in [4.78, 5) is 17.0. The number of pyridine rings is 1. The van der Waals surface area contributed by atoms with Gasteiger partial charge in [0, 0.05) is 36.1 Å². The topological polar surface area (TPSA) is 88.2 Å². The Kier molecular flexibility index (Phi) is 6.99. The second kappa shape index (κ2) is 9.53. The van der Waals surface area contributed by atoms with Gasteiger partial charge in [0.2, 0.25) is 0 Å². The Morgan fingerprint density at radius 3 is 2.47 bits per heavy atom. The van der Waals surface area contributed by atoms with Crippen LogP contribution in [-0.2, 0) is 21.9 Å². The molecule has 0 aliphatic rings. The van der Waals surface area contributed by atoms with Crippen molar-refractivity contribution in [3.05, 3.63) is 89.2 Å². The van der Waals surface area contributed by atoms with E-state index in [1.165, 1.54) is 6.07 Å². The minimum Gasteiger partial charge on any atom is -0.352 e. The van der Waals surface area contributed by atoms with E-state index in [4.69, 9.17) is 0 Å². The van der Waals surface area contributed by atoms with Crippen molar-refractivity contribution in [2.24, 2.45) is 0 Å². The maximum atomic E-state index is 13.1. The molecule has 0 unspecified atom stereocenters. The average molecular weight is 452 g/mol. The summed E-state index contributed by atoms with van der Waals surface area (Å²) in [6, 6.07) is 17.6. The van der Waals surface area contributed by atoms with Gasteiger partial charge in [-0.3, -0.25) is 14.5 Å². The van der Waals surface area contributed by atoms with Crippen LogP contribution in [0.3, 0.4) is 0 Å². The third-order valence-corrected chi connectivity index (χ3v) is 6.64. The summed E-state index contributed by atoms with van der Waals surface area (Å²) in [6.45, 7) is 8.32. The van der Waals surface area contributed by atoms with Crippen LogP contribution in [0.15, 0.2) is 71.8 Å². The highest BCUT2D eigenvalue weighted by Gasteiger charge is 2.22. The van der Waals surface area contributed by atoms with Gasteiger partial charge in [-0.15, -0.1) is 0 Å². The molecule has 1 amide bonds. The van der Waals surface area contributed by atoms with Gasteiger partial charge in [-0.25, -0.2) is 8.42 Å². The van der Waals surface area contributed by atoms with Crippen molar-refractivity contribution in [3.63, 3.8) is 0 Å². The van der Waals surface area contributed by atoms with E-state index in [0.717, 1.165) is 11.3 Å². The van der Waals surface area contributed by atoms with Crippen molar-refractivity contribution < 1.29 is 13.2 Å². The number of carbonyl (C=O) groups is 1. The molecule has 0 radical (unpaired) electrons. The molecule has 32 heavy (non-hydrogen) atoms. The van der Waals surface area contributed by atoms with E-state index in [0.29, 0.717) is 29.8 Å². The summed E-state index contributed by atoms with van der Waals surface area (Å²) in [5.41, 5.74) is 3.03. The van der Waals surface area contributed by atoms with E-state index in [1.54, 1.807) is 37.4 Å². The number of anilines is 1. The minimum atomic E-state index is -3.81. The molecule has 0 bridgehead atoms. The van der Waals surface area contributed by atoms with Gasteiger partial charge in [0.15, 0.2) is 0 Å². The van der Waals surface area contributed by atoms with Crippen molar-refractivity contribution in [1.29, 1.82) is 0 Å². The fourth-order valence-corrected chi connectivity index (χ4v) is 4.56. The summed E-state index contributed by atoms with van der Waals surface area (Å²) >= 11 is 0. The van der Waals surface area contributed by atoms with E-state index < -0.39 is 10.0 Å². The maximum Gasteiger partial charge on any atom is 0.262 e. The summed E-state index contributed by atoms with van der Waals surface area (Å²) < 4.78 is 28.8. The molecule has 1 heterocycles. The lowest BCUT2D eigenvalue weighted by molar-refractivity contribution is 0.0954. The van der Waals surface area contributed by atoms with Gasteiger partial charge in [0.05, 0.1) is 4.90 Å². The van der Waals surface area contributed by atoms with E-state index in [-0.39, 0.29) is 16.2 Å². The number of aryl methyl sites for hydroxylation is 1.